The lowest BCUT2D eigenvalue weighted by molar-refractivity contribution is 0.102. The van der Waals surface area contributed by atoms with Crippen molar-refractivity contribution < 1.29 is 26.4 Å². The molecule has 0 unspecified atom stereocenters. The fourth-order valence-corrected chi connectivity index (χ4v) is 6.34. The van der Waals surface area contributed by atoms with Gasteiger partial charge in [0.1, 0.15) is 5.75 Å². The van der Waals surface area contributed by atoms with Crippen LogP contribution in [0.4, 0.5) is 17.1 Å². The number of aryl methyl sites for hydroxylation is 2. The van der Waals surface area contributed by atoms with Gasteiger partial charge >= 0.3 is 0 Å². The third-order valence-corrected chi connectivity index (χ3v) is 9.26. The molecular weight excluding hydrogens is 550 g/mol. The van der Waals surface area contributed by atoms with E-state index in [2.05, 4.69) is 14.8 Å². The van der Waals surface area contributed by atoms with Crippen LogP contribution in [0.5, 0.6) is 5.75 Å². The van der Waals surface area contributed by atoms with Crippen LogP contribution in [-0.2, 0) is 20.0 Å². The summed E-state index contributed by atoms with van der Waals surface area (Å²) in [4.78, 5) is 13.0. The summed E-state index contributed by atoms with van der Waals surface area (Å²) in [5.74, 6) is 0.0501. The van der Waals surface area contributed by atoms with Gasteiger partial charge in [-0.1, -0.05) is 18.2 Å². The molecule has 0 aliphatic heterocycles. The van der Waals surface area contributed by atoms with Gasteiger partial charge in [0.25, 0.3) is 26.0 Å². The van der Waals surface area contributed by atoms with Crippen LogP contribution >= 0.6 is 0 Å². The van der Waals surface area contributed by atoms with Crippen LogP contribution in [0.2, 0.25) is 0 Å². The van der Waals surface area contributed by atoms with E-state index in [9.17, 15) is 21.6 Å². The van der Waals surface area contributed by atoms with Crippen molar-refractivity contribution in [3.8, 4) is 5.75 Å². The number of carbonyl (C=O) groups excluding carboxylic acids is 1. The lowest BCUT2D eigenvalue weighted by Crippen LogP contribution is -2.18. The van der Waals surface area contributed by atoms with E-state index in [1.54, 1.807) is 49.4 Å². The van der Waals surface area contributed by atoms with Gasteiger partial charge in [0, 0.05) is 16.9 Å². The van der Waals surface area contributed by atoms with Crippen LogP contribution in [0.25, 0.3) is 0 Å². The Morgan fingerprint density at radius 3 is 2.00 bits per heavy atom. The molecule has 0 spiro atoms. The quantitative estimate of drug-likeness (QED) is 0.241. The van der Waals surface area contributed by atoms with Crippen LogP contribution in [-0.4, -0.2) is 29.9 Å². The lowest BCUT2D eigenvalue weighted by Gasteiger charge is -2.15. The predicted molar refractivity (Wildman–Crippen MR) is 156 cm³/mol. The van der Waals surface area contributed by atoms with Crippen LogP contribution in [0.3, 0.4) is 0 Å². The number of anilines is 3. The highest BCUT2D eigenvalue weighted by molar-refractivity contribution is 7.93. The number of nitrogens with one attached hydrogen (secondary N) is 3. The largest absolute Gasteiger partial charge is 0.497 e. The highest BCUT2D eigenvalue weighted by Gasteiger charge is 2.21. The van der Waals surface area contributed by atoms with Crippen molar-refractivity contribution in [1.29, 1.82) is 0 Å². The fourth-order valence-electron chi connectivity index (χ4n) is 3.89. The number of sulfonamides is 2. The molecule has 9 nitrogen and oxygen atoms in total. The first-order chi connectivity index (χ1) is 18.9. The van der Waals surface area contributed by atoms with Gasteiger partial charge in [-0.15, -0.1) is 0 Å². The lowest BCUT2D eigenvalue weighted by atomic mass is 10.1. The number of methoxy groups -OCH3 is 1. The van der Waals surface area contributed by atoms with Crippen molar-refractivity contribution >= 4 is 43.0 Å². The molecule has 0 saturated heterocycles. The Balaban J connectivity index is 1.49. The molecule has 3 N–H and O–H groups in total. The predicted octanol–water partition coefficient (Wildman–Crippen LogP) is 5.47. The minimum atomic E-state index is -3.97. The molecular formula is C29H29N3O6S2. The zero-order chi connectivity index (χ0) is 29.1. The molecule has 0 radical (unpaired) electrons. The first-order valence-corrected chi connectivity index (χ1v) is 15.1. The Morgan fingerprint density at radius 2 is 1.35 bits per heavy atom. The second kappa shape index (κ2) is 11.4. The smallest absolute Gasteiger partial charge is 0.262 e. The van der Waals surface area contributed by atoms with Gasteiger partial charge in [-0.3, -0.25) is 14.2 Å². The summed E-state index contributed by atoms with van der Waals surface area (Å²) in [6, 6.07) is 21.8. The fraction of sp³-hybridized carbons (Fsp3) is 0.138. The number of hydrogen-bond acceptors (Lipinski definition) is 6. The van der Waals surface area contributed by atoms with Crippen LogP contribution in [0.15, 0.2) is 94.7 Å². The highest BCUT2D eigenvalue weighted by atomic mass is 32.2. The maximum atomic E-state index is 13.2. The summed E-state index contributed by atoms with van der Waals surface area (Å²) in [5, 5.41) is 2.68. The maximum Gasteiger partial charge on any atom is 0.262 e. The SMILES string of the molecule is COc1ccc(NS(=O)(=O)c2ccc(NC(=O)c3ccc(C)c(S(=O)(=O)Nc4cccc(C)c4C)c3)cc2)cc1. The number of amides is 1. The number of ether oxygens (including phenoxy) is 1. The van der Waals surface area contributed by atoms with Crippen molar-refractivity contribution in [2.75, 3.05) is 21.9 Å². The third-order valence-electron chi connectivity index (χ3n) is 6.35. The average Bonchev–Trinajstić information content (AvgIpc) is 2.92. The summed E-state index contributed by atoms with van der Waals surface area (Å²) in [5.41, 5.74) is 3.54. The molecule has 1 amide bonds. The zero-order valence-corrected chi connectivity index (χ0v) is 24.0. The van der Waals surface area contributed by atoms with Gasteiger partial charge in [0.15, 0.2) is 0 Å². The number of carbonyl (C=O) groups is 1. The molecule has 0 aliphatic carbocycles. The highest BCUT2D eigenvalue weighted by Crippen LogP contribution is 2.25. The summed E-state index contributed by atoms with van der Waals surface area (Å²) >= 11 is 0. The second-order valence-corrected chi connectivity index (χ2v) is 12.5. The van der Waals surface area contributed by atoms with Crippen molar-refractivity contribution in [2.45, 2.75) is 30.6 Å². The van der Waals surface area contributed by atoms with E-state index in [1.165, 1.54) is 43.5 Å². The maximum absolute atomic E-state index is 13.2. The average molecular weight is 580 g/mol. The first kappa shape index (κ1) is 28.7. The van der Waals surface area contributed by atoms with E-state index in [0.29, 0.717) is 28.4 Å². The minimum Gasteiger partial charge on any atom is -0.497 e. The first-order valence-electron chi connectivity index (χ1n) is 12.2. The van der Waals surface area contributed by atoms with E-state index in [0.717, 1.165) is 11.1 Å². The van der Waals surface area contributed by atoms with Gasteiger partial charge in [-0.2, -0.15) is 0 Å². The van der Waals surface area contributed by atoms with E-state index < -0.39 is 26.0 Å². The summed E-state index contributed by atoms with van der Waals surface area (Å²) in [6.45, 7) is 5.37. The molecule has 0 aliphatic rings. The summed E-state index contributed by atoms with van der Waals surface area (Å²) in [7, 11) is -6.32. The van der Waals surface area contributed by atoms with E-state index in [4.69, 9.17) is 4.74 Å². The monoisotopic (exact) mass is 579 g/mol. The second-order valence-electron chi connectivity index (χ2n) is 9.15. The third kappa shape index (κ3) is 6.44. The van der Waals surface area contributed by atoms with Crippen molar-refractivity contribution in [3.05, 3.63) is 107 Å². The molecule has 4 aromatic carbocycles. The van der Waals surface area contributed by atoms with Gasteiger partial charge in [0.2, 0.25) is 0 Å². The van der Waals surface area contributed by atoms with Gasteiger partial charge in [-0.25, -0.2) is 16.8 Å². The minimum absolute atomic E-state index is 0.00236. The Morgan fingerprint density at radius 1 is 0.700 bits per heavy atom. The van der Waals surface area contributed by atoms with Crippen LogP contribution in [0.1, 0.15) is 27.0 Å². The number of rotatable bonds is 9. The molecule has 0 atom stereocenters. The number of benzene rings is 4. The van der Waals surface area contributed by atoms with Gasteiger partial charge in [-0.05, 0) is 104 Å². The summed E-state index contributed by atoms with van der Waals surface area (Å²) in [6.07, 6.45) is 0. The Labute approximate surface area is 234 Å². The number of hydrogen-bond donors (Lipinski definition) is 3. The Bertz CT molecular complexity index is 1770. The molecule has 0 heterocycles. The van der Waals surface area contributed by atoms with Gasteiger partial charge < -0.3 is 10.1 Å². The van der Waals surface area contributed by atoms with Crippen LogP contribution in [0, 0.1) is 20.8 Å². The van der Waals surface area contributed by atoms with Crippen molar-refractivity contribution in [2.24, 2.45) is 0 Å². The molecule has 4 rings (SSSR count). The Hall–Kier alpha value is -4.35. The topological polar surface area (TPSA) is 131 Å². The normalized spacial score (nSPS) is 11.5. The molecule has 40 heavy (non-hydrogen) atoms. The van der Waals surface area contributed by atoms with E-state index in [-0.39, 0.29) is 15.4 Å². The van der Waals surface area contributed by atoms with Gasteiger partial charge in [0.05, 0.1) is 22.6 Å². The molecule has 4 aromatic rings. The molecule has 0 bridgehead atoms. The molecule has 0 aromatic heterocycles. The molecule has 208 valence electrons. The molecule has 11 heteroatoms. The van der Waals surface area contributed by atoms with E-state index >= 15 is 0 Å². The van der Waals surface area contributed by atoms with Crippen LogP contribution < -0.4 is 19.5 Å². The molecule has 0 fully saturated rings. The standard InChI is InChI=1S/C29H29N3O6S2/c1-19-6-5-7-27(21(19)3)32-40(36,37)28-18-22(9-8-20(28)2)29(33)30-23-12-16-26(17-13-23)39(34,35)31-24-10-14-25(38-4)15-11-24/h5-18,31-32H,1-4H3,(H,30,33). The van der Waals surface area contributed by atoms with Crippen molar-refractivity contribution in [1.82, 2.24) is 0 Å². The van der Waals surface area contributed by atoms with Crippen molar-refractivity contribution in [3.63, 3.8) is 0 Å². The van der Waals surface area contributed by atoms with E-state index in [1.807, 2.05) is 19.9 Å². The zero-order valence-electron chi connectivity index (χ0n) is 22.3. The Kier molecular flexibility index (Phi) is 8.17. The molecule has 0 saturated carbocycles. The summed E-state index contributed by atoms with van der Waals surface area (Å²) < 4.78 is 62.1.